The highest BCUT2D eigenvalue weighted by atomic mass is 16.5. The van der Waals surface area contributed by atoms with E-state index >= 15 is 0 Å². The van der Waals surface area contributed by atoms with Crippen LogP contribution in [-0.4, -0.2) is 41.1 Å². The number of benzene rings is 1. The van der Waals surface area contributed by atoms with Gasteiger partial charge in [0.05, 0.1) is 11.3 Å². The summed E-state index contributed by atoms with van der Waals surface area (Å²) in [5, 5.41) is 8.94. The largest absolute Gasteiger partial charge is 0.479 e. The molecule has 1 rings (SSSR count). The number of nitrogen functional groups attached to an aromatic ring is 1. The van der Waals surface area contributed by atoms with Crippen molar-refractivity contribution in [2.24, 2.45) is 0 Å². The van der Waals surface area contributed by atoms with Crippen molar-refractivity contribution in [3.63, 3.8) is 0 Å². The lowest BCUT2D eigenvalue weighted by Crippen LogP contribution is -2.40. The molecule has 1 aromatic carbocycles. The molecule has 20 heavy (non-hydrogen) atoms. The molecule has 0 saturated heterocycles. The monoisotopic (exact) mass is 280 g/mol. The Bertz CT molecular complexity index is 498. The fraction of sp³-hybridized carbons (Fsp3) is 0.429. The van der Waals surface area contributed by atoms with Crippen molar-refractivity contribution in [1.82, 2.24) is 4.90 Å². The molecule has 0 spiro atoms. The van der Waals surface area contributed by atoms with E-state index in [1.165, 1.54) is 18.2 Å². The summed E-state index contributed by atoms with van der Waals surface area (Å²) in [6.07, 6.45) is -0.721. The second-order valence-corrected chi connectivity index (χ2v) is 4.33. The van der Waals surface area contributed by atoms with Gasteiger partial charge in [-0.05, 0) is 39.0 Å². The van der Waals surface area contributed by atoms with Crippen LogP contribution in [0.4, 0.5) is 5.69 Å². The first-order valence-corrected chi connectivity index (χ1v) is 6.48. The molecule has 0 heterocycles. The summed E-state index contributed by atoms with van der Waals surface area (Å²) in [5.74, 6) is -1.02. The number of nitrogens with two attached hydrogens (primary N) is 1. The van der Waals surface area contributed by atoms with Gasteiger partial charge in [-0.2, -0.15) is 0 Å². The molecule has 1 aromatic rings. The van der Waals surface area contributed by atoms with Crippen molar-refractivity contribution in [1.29, 1.82) is 0 Å². The van der Waals surface area contributed by atoms with Crippen molar-refractivity contribution in [2.45, 2.75) is 26.9 Å². The first-order chi connectivity index (χ1) is 9.40. The second-order valence-electron chi connectivity index (χ2n) is 4.33. The highest BCUT2D eigenvalue weighted by Gasteiger charge is 2.21. The predicted molar refractivity (Wildman–Crippen MR) is 75.8 cm³/mol. The molecule has 0 saturated carbocycles. The average Bonchev–Trinajstić information content (AvgIpc) is 2.42. The topological polar surface area (TPSA) is 92.9 Å². The number of rotatable bonds is 6. The van der Waals surface area contributed by atoms with Crippen molar-refractivity contribution >= 4 is 17.6 Å². The Labute approximate surface area is 118 Å². The third kappa shape index (κ3) is 3.63. The van der Waals surface area contributed by atoms with Gasteiger partial charge < -0.3 is 20.5 Å². The molecule has 0 fully saturated rings. The Morgan fingerprint density at radius 1 is 1.35 bits per heavy atom. The van der Waals surface area contributed by atoms with Gasteiger partial charge in [0.2, 0.25) is 0 Å². The van der Waals surface area contributed by atoms with Gasteiger partial charge in [-0.1, -0.05) is 0 Å². The van der Waals surface area contributed by atoms with Gasteiger partial charge in [-0.25, -0.2) is 4.79 Å². The van der Waals surface area contributed by atoms with Gasteiger partial charge >= 0.3 is 5.97 Å². The van der Waals surface area contributed by atoms with Gasteiger partial charge in [0.25, 0.3) is 5.91 Å². The number of carboxylic acids is 1. The Balaban J connectivity index is 2.89. The Morgan fingerprint density at radius 2 is 1.95 bits per heavy atom. The number of carbonyl (C=O) groups excluding carboxylic acids is 1. The van der Waals surface area contributed by atoms with Crippen LogP contribution >= 0.6 is 0 Å². The quantitative estimate of drug-likeness (QED) is 0.772. The zero-order valence-electron chi connectivity index (χ0n) is 11.9. The summed E-state index contributed by atoms with van der Waals surface area (Å²) in [5.41, 5.74) is 6.10. The van der Waals surface area contributed by atoms with E-state index < -0.39 is 12.1 Å². The van der Waals surface area contributed by atoms with Crippen molar-refractivity contribution in [3.8, 4) is 5.75 Å². The summed E-state index contributed by atoms with van der Waals surface area (Å²) in [7, 11) is 0. The Hall–Kier alpha value is -2.24. The number of hydrogen-bond acceptors (Lipinski definition) is 4. The summed E-state index contributed by atoms with van der Waals surface area (Å²) >= 11 is 0. The highest BCUT2D eigenvalue weighted by molar-refractivity contribution is 5.89. The molecule has 0 aromatic heterocycles. The maximum atomic E-state index is 12.1. The fourth-order valence-electron chi connectivity index (χ4n) is 1.80. The fourth-order valence-corrected chi connectivity index (χ4v) is 1.80. The average molecular weight is 280 g/mol. The summed E-state index contributed by atoms with van der Waals surface area (Å²) in [6.45, 7) is 6.57. The summed E-state index contributed by atoms with van der Waals surface area (Å²) < 4.78 is 5.50. The lowest BCUT2D eigenvalue weighted by Gasteiger charge is -2.23. The molecule has 6 heteroatoms. The van der Waals surface area contributed by atoms with Crippen LogP contribution < -0.4 is 10.5 Å². The van der Waals surface area contributed by atoms with Gasteiger partial charge in [0.15, 0.2) is 6.10 Å². The minimum absolute atomic E-state index is 0.0664. The van der Waals surface area contributed by atoms with Gasteiger partial charge in [0, 0.05) is 13.1 Å². The smallest absolute Gasteiger partial charge is 0.335 e. The van der Waals surface area contributed by atoms with Crippen molar-refractivity contribution in [2.75, 3.05) is 18.8 Å². The third-order valence-electron chi connectivity index (χ3n) is 2.99. The molecule has 0 aliphatic carbocycles. The molecule has 1 amide bonds. The first-order valence-electron chi connectivity index (χ1n) is 6.48. The normalized spacial score (nSPS) is 11.8. The lowest BCUT2D eigenvalue weighted by atomic mass is 10.2. The molecule has 0 aliphatic rings. The number of ether oxygens (including phenoxy) is 1. The number of likely N-dealkylation sites (N-methyl/N-ethyl adjacent to an activating group) is 1. The molecule has 1 atom stereocenters. The van der Waals surface area contributed by atoms with Crippen LogP contribution in [0.5, 0.6) is 5.75 Å². The molecular formula is C14H20N2O4. The number of carboxylic acid groups (broad SMARTS) is 1. The van der Waals surface area contributed by atoms with Gasteiger partial charge in [-0.15, -0.1) is 0 Å². The van der Waals surface area contributed by atoms with E-state index in [4.69, 9.17) is 15.6 Å². The highest BCUT2D eigenvalue weighted by Crippen LogP contribution is 2.24. The third-order valence-corrected chi connectivity index (χ3v) is 2.99. The molecule has 0 bridgehead atoms. The predicted octanol–water partition coefficient (Wildman–Crippen LogP) is 1.60. The first kappa shape index (κ1) is 15.8. The number of carbonyl (C=O) groups is 2. The van der Waals surface area contributed by atoms with Crippen molar-refractivity contribution < 1.29 is 19.4 Å². The molecule has 1 unspecified atom stereocenters. The van der Waals surface area contributed by atoms with E-state index in [0.29, 0.717) is 18.8 Å². The molecule has 0 radical (unpaired) electrons. The maximum absolute atomic E-state index is 12.1. The van der Waals surface area contributed by atoms with E-state index in [0.717, 1.165) is 0 Å². The van der Waals surface area contributed by atoms with Crippen LogP contribution in [0.15, 0.2) is 18.2 Å². The summed E-state index contributed by atoms with van der Waals surface area (Å²) in [4.78, 5) is 24.6. The number of hydrogen-bond donors (Lipinski definition) is 2. The number of nitrogens with zero attached hydrogens (tertiary/aromatic N) is 1. The summed E-state index contributed by atoms with van der Waals surface area (Å²) in [6, 6.07) is 4.17. The Kier molecular flexibility index (Phi) is 5.37. The van der Waals surface area contributed by atoms with Crippen LogP contribution in [0.2, 0.25) is 0 Å². The lowest BCUT2D eigenvalue weighted by molar-refractivity contribution is -0.137. The van der Waals surface area contributed by atoms with E-state index in [1.54, 1.807) is 11.8 Å². The van der Waals surface area contributed by atoms with Crippen LogP contribution in [0.1, 0.15) is 31.1 Å². The van der Waals surface area contributed by atoms with Crippen LogP contribution in [0, 0.1) is 0 Å². The van der Waals surface area contributed by atoms with E-state index in [2.05, 4.69) is 0 Å². The minimum atomic E-state index is -1.07. The van der Waals surface area contributed by atoms with E-state index in [9.17, 15) is 9.59 Å². The van der Waals surface area contributed by atoms with Crippen molar-refractivity contribution in [3.05, 3.63) is 23.8 Å². The zero-order chi connectivity index (χ0) is 15.3. The molecule has 6 nitrogen and oxygen atoms in total. The Morgan fingerprint density at radius 3 is 2.45 bits per heavy atom. The van der Waals surface area contributed by atoms with Crippen LogP contribution in [-0.2, 0) is 4.79 Å². The molecule has 0 aliphatic heterocycles. The maximum Gasteiger partial charge on any atom is 0.335 e. The van der Waals surface area contributed by atoms with E-state index in [1.807, 2.05) is 13.8 Å². The molecular weight excluding hydrogens is 260 g/mol. The number of anilines is 1. The minimum Gasteiger partial charge on any atom is -0.479 e. The second kappa shape index (κ2) is 6.79. The zero-order valence-corrected chi connectivity index (χ0v) is 11.9. The van der Waals surface area contributed by atoms with Crippen LogP contribution in [0.25, 0.3) is 0 Å². The van der Waals surface area contributed by atoms with Gasteiger partial charge in [-0.3, -0.25) is 4.79 Å². The van der Waals surface area contributed by atoms with Gasteiger partial charge in [0.1, 0.15) is 5.75 Å². The standard InChI is InChI=1S/C14H20N2O4/c1-4-16(5-2)13(17)9(3)20-12-8-10(14(18)19)6-7-11(12)15/h6-9H,4-5,15H2,1-3H3,(H,18,19). The van der Waals surface area contributed by atoms with Crippen LogP contribution in [0.3, 0.4) is 0 Å². The molecule has 3 N–H and O–H groups in total. The SMILES string of the molecule is CCN(CC)C(=O)C(C)Oc1cc(C(=O)O)ccc1N. The molecule has 110 valence electrons. The number of aromatic carboxylic acids is 1. The van der Waals surface area contributed by atoms with E-state index in [-0.39, 0.29) is 17.2 Å². The number of amides is 1.